The zero-order valence-corrected chi connectivity index (χ0v) is 12.0. The Morgan fingerprint density at radius 3 is 2.24 bits per heavy atom. The topological polar surface area (TPSA) is 20.3 Å². The molecule has 0 fully saturated rings. The van der Waals surface area contributed by atoms with Crippen LogP contribution in [0.25, 0.3) is 0 Å². The number of benzene rings is 1. The molecule has 1 rings (SSSR count). The molecule has 2 nitrogen and oxygen atoms in total. The maximum atomic E-state index is 11.7. The van der Waals surface area contributed by atoms with Crippen LogP contribution in [-0.4, -0.2) is 23.6 Å². The van der Waals surface area contributed by atoms with Crippen LogP contribution in [0.2, 0.25) is 0 Å². The molecule has 0 unspecified atom stereocenters. The van der Waals surface area contributed by atoms with Gasteiger partial charge in [0, 0.05) is 20.0 Å². The Kier molecular flexibility index (Phi) is 5.06. The van der Waals surface area contributed by atoms with E-state index in [0.717, 1.165) is 0 Å². The van der Waals surface area contributed by atoms with Crippen molar-refractivity contribution < 1.29 is 4.79 Å². The van der Waals surface area contributed by atoms with Gasteiger partial charge in [0.15, 0.2) is 0 Å². The minimum Gasteiger partial charge on any atom is -0.341 e. The molecule has 0 heterocycles. The molecular weight excluding hydrogens is 230 g/mol. The van der Waals surface area contributed by atoms with Crippen molar-refractivity contribution >= 4 is 18.5 Å². The van der Waals surface area contributed by atoms with Crippen LogP contribution in [0.1, 0.15) is 28.7 Å². The Bertz CT molecular complexity index is 392. The number of thiol groups is 1. The Balaban J connectivity index is 2.85. The normalized spacial score (nSPS) is 10.4. The summed E-state index contributed by atoms with van der Waals surface area (Å²) < 4.78 is 0. The first-order valence-corrected chi connectivity index (χ1v) is 6.50. The summed E-state index contributed by atoms with van der Waals surface area (Å²) in [6, 6.07) is 4.33. The van der Waals surface area contributed by atoms with Crippen LogP contribution >= 0.6 is 12.6 Å². The number of carbonyl (C=O) groups is 1. The quantitative estimate of drug-likeness (QED) is 0.816. The lowest BCUT2D eigenvalue weighted by atomic mass is 9.99. The van der Waals surface area contributed by atoms with Crippen molar-refractivity contribution in [1.82, 2.24) is 4.90 Å². The van der Waals surface area contributed by atoms with E-state index in [4.69, 9.17) is 0 Å². The van der Waals surface area contributed by atoms with E-state index in [9.17, 15) is 4.79 Å². The summed E-state index contributed by atoms with van der Waals surface area (Å²) in [6.07, 6.45) is 0.504. The summed E-state index contributed by atoms with van der Waals surface area (Å²) in [5.74, 6) is 0.758. The van der Waals surface area contributed by atoms with Gasteiger partial charge >= 0.3 is 0 Å². The van der Waals surface area contributed by atoms with E-state index >= 15 is 0 Å². The van der Waals surface area contributed by atoms with Crippen LogP contribution in [0.3, 0.4) is 0 Å². The molecule has 0 spiro atoms. The minimum atomic E-state index is 0.152. The summed E-state index contributed by atoms with van der Waals surface area (Å²) in [7, 11) is 1.85. The van der Waals surface area contributed by atoms with Gasteiger partial charge in [0.2, 0.25) is 5.91 Å². The highest BCUT2D eigenvalue weighted by Crippen LogP contribution is 2.18. The van der Waals surface area contributed by atoms with Crippen LogP contribution in [0.4, 0.5) is 0 Å². The lowest BCUT2D eigenvalue weighted by Gasteiger charge is -2.20. The predicted molar refractivity (Wildman–Crippen MR) is 75.6 cm³/mol. The van der Waals surface area contributed by atoms with Gasteiger partial charge in [0.1, 0.15) is 0 Å². The first-order valence-electron chi connectivity index (χ1n) is 5.87. The second-order valence-corrected chi connectivity index (χ2v) is 5.05. The first-order chi connectivity index (χ1) is 7.95. The molecule has 0 bridgehead atoms. The average molecular weight is 251 g/mol. The van der Waals surface area contributed by atoms with E-state index in [0.29, 0.717) is 18.7 Å². The zero-order chi connectivity index (χ0) is 13.0. The van der Waals surface area contributed by atoms with Crippen molar-refractivity contribution in [3.8, 4) is 0 Å². The number of hydrogen-bond donors (Lipinski definition) is 1. The molecule has 0 aliphatic rings. The lowest BCUT2D eigenvalue weighted by Crippen LogP contribution is -2.27. The van der Waals surface area contributed by atoms with Crippen LogP contribution < -0.4 is 0 Å². The fraction of sp³-hybridized carbons (Fsp3) is 0.500. The minimum absolute atomic E-state index is 0.152. The van der Waals surface area contributed by atoms with Crippen LogP contribution in [0.15, 0.2) is 12.1 Å². The molecule has 0 radical (unpaired) electrons. The summed E-state index contributed by atoms with van der Waals surface area (Å²) in [4.78, 5) is 13.5. The Morgan fingerprint density at radius 1 is 1.24 bits per heavy atom. The number of hydrogen-bond acceptors (Lipinski definition) is 2. The van der Waals surface area contributed by atoms with E-state index in [1.165, 1.54) is 22.3 Å². The molecule has 0 atom stereocenters. The third kappa shape index (κ3) is 3.77. The molecule has 94 valence electrons. The molecule has 0 saturated heterocycles. The molecule has 0 N–H and O–H groups in total. The van der Waals surface area contributed by atoms with E-state index in [1.54, 1.807) is 4.90 Å². The third-order valence-electron chi connectivity index (χ3n) is 2.99. The maximum absolute atomic E-state index is 11.7. The number of carbonyl (C=O) groups excluding carboxylic acids is 1. The van der Waals surface area contributed by atoms with Crippen LogP contribution in [0.5, 0.6) is 0 Å². The highest BCUT2D eigenvalue weighted by Gasteiger charge is 2.11. The van der Waals surface area contributed by atoms with Gasteiger partial charge in [0.05, 0.1) is 0 Å². The number of nitrogens with zero attached hydrogens (tertiary/aromatic N) is 1. The van der Waals surface area contributed by atoms with Crippen molar-refractivity contribution in [2.75, 3.05) is 12.8 Å². The SMILES string of the molecule is Cc1cc(C)c(CN(C)C(=O)CCS)c(C)c1. The molecule has 1 amide bonds. The largest absolute Gasteiger partial charge is 0.341 e. The highest BCUT2D eigenvalue weighted by atomic mass is 32.1. The first kappa shape index (κ1) is 14.1. The van der Waals surface area contributed by atoms with Crippen molar-refractivity contribution in [2.24, 2.45) is 0 Å². The van der Waals surface area contributed by atoms with Gasteiger partial charge in [-0.25, -0.2) is 0 Å². The van der Waals surface area contributed by atoms with Gasteiger partial charge in [-0.15, -0.1) is 0 Å². The molecule has 17 heavy (non-hydrogen) atoms. The fourth-order valence-electron chi connectivity index (χ4n) is 2.07. The second-order valence-electron chi connectivity index (χ2n) is 4.60. The van der Waals surface area contributed by atoms with E-state index < -0.39 is 0 Å². The van der Waals surface area contributed by atoms with Crippen LogP contribution in [0, 0.1) is 20.8 Å². The molecule has 0 saturated carbocycles. The number of aryl methyl sites for hydroxylation is 3. The fourth-order valence-corrected chi connectivity index (χ4v) is 2.26. The van der Waals surface area contributed by atoms with Gasteiger partial charge in [-0.05, 0) is 43.2 Å². The number of rotatable bonds is 4. The standard InChI is InChI=1S/C14H21NOS/c1-10-7-11(2)13(12(3)8-10)9-15(4)14(16)5-6-17/h7-8,17H,5-6,9H2,1-4H3. The molecule has 0 aromatic heterocycles. The Labute approximate surface area is 109 Å². The second kappa shape index (κ2) is 6.10. The zero-order valence-electron chi connectivity index (χ0n) is 11.1. The Morgan fingerprint density at radius 2 is 1.76 bits per heavy atom. The average Bonchev–Trinajstić information content (AvgIpc) is 2.23. The molecule has 0 aliphatic heterocycles. The lowest BCUT2D eigenvalue weighted by molar-refractivity contribution is -0.129. The van der Waals surface area contributed by atoms with Crippen molar-refractivity contribution in [1.29, 1.82) is 0 Å². The van der Waals surface area contributed by atoms with E-state index in [-0.39, 0.29) is 5.91 Å². The van der Waals surface area contributed by atoms with Gasteiger partial charge in [-0.1, -0.05) is 17.7 Å². The smallest absolute Gasteiger partial charge is 0.223 e. The molecule has 0 aliphatic carbocycles. The summed E-state index contributed by atoms with van der Waals surface area (Å²) >= 11 is 4.09. The summed E-state index contributed by atoms with van der Waals surface area (Å²) in [5, 5.41) is 0. The van der Waals surface area contributed by atoms with Crippen molar-refractivity contribution in [3.63, 3.8) is 0 Å². The van der Waals surface area contributed by atoms with Gasteiger partial charge in [0.25, 0.3) is 0 Å². The predicted octanol–water partition coefficient (Wildman–Crippen LogP) is 2.89. The van der Waals surface area contributed by atoms with Crippen molar-refractivity contribution in [2.45, 2.75) is 33.7 Å². The van der Waals surface area contributed by atoms with Gasteiger partial charge < -0.3 is 4.90 Å². The third-order valence-corrected chi connectivity index (χ3v) is 3.21. The van der Waals surface area contributed by atoms with Crippen LogP contribution in [-0.2, 0) is 11.3 Å². The molecule has 1 aromatic carbocycles. The molecular formula is C14H21NOS. The molecule has 3 heteroatoms. The maximum Gasteiger partial charge on any atom is 0.223 e. The summed E-state index contributed by atoms with van der Waals surface area (Å²) in [6.45, 7) is 6.99. The Hall–Kier alpha value is -0.960. The van der Waals surface area contributed by atoms with Crippen molar-refractivity contribution in [3.05, 3.63) is 34.4 Å². The van der Waals surface area contributed by atoms with E-state index in [1.807, 2.05) is 7.05 Å². The number of amides is 1. The van der Waals surface area contributed by atoms with Gasteiger partial charge in [-0.3, -0.25) is 4.79 Å². The van der Waals surface area contributed by atoms with Gasteiger partial charge in [-0.2, -0.15) is 12.6 Å². The molecule has 1 aromatic rings. The monoisotopic (exact) mass is 251 g/mol. The summed E-state index contributed by atoms with van der Waals surface area (Å²) in [5.41, 5.74) is 5.04. The van der Waals surface area contributed by atoms with E-state index in [2.05, 4.69) is 45.5 Å². The highest BCUT2D eigenvalue weighted by molar-refractivity contribution is 7.80.